The number of amides is 3. The number of carbonyl (C=O) groups is 3. The molecule has 1 aromatic rings. The predicted octanol–water partition coefficient (Wildman–Crippen LogP) is 1.74. The quantitative estimate of drug-likeness (QED) is 0.689. The molecule has 1 aromatic carbocycles. The van der Waals surface area contributed by atoms with Gasteiger partial charge in [-0.1, -0.05) is 12.1 Å². The minimum absolute atomic E-state index is 0.0315. The first-order valence-electron chi connectivity index (χ1n) is 10.1. The van der Waals surface area contributed by atoms with Gasteiger partial charge in [0.15, 0.2) is 0 Å². The lowest BCUT2D eigenvalue weighted by atomic mass is 9.96. The molecule has 2 aliphatic heterocycles. The minimum atomic E-state index is -0.282. The molecule has 0 bridgehead atoms. The summed E-state index contributed by atoms with van der Waals surface area (Å²) in [5, 5.41) is 2.94. The molecule has 0 aliphatic carbocycles. The van der Waals surface area contributed by atoms with Gasteiger partial charge in [-0.2, -0.15) is 0 Å². The topological polar surface area (TPSA) is 69.7 Å². The first-order valence-corrected chi connectivity index (χ1v) is 10.1. The first kappa shape index (κ1) is 20.3. The zero-order valence-electron chi connectivity index (χ0n) is 16.2. The van der Waals surface area contributed by atoms with E-state index in [1.165, 1.54) is 12.1 Å². The van der Waals surface area contributed by atoms with Crippen molar-refractivity contribution in [3.63, 3.8) is 0 Å². The van der Waals surface area contributed by atoms with Crippen molar-refractivity contribution in [3.05, 3.63) is 35.6 Å². The highest BCUT2D eigenvalue weighted by Crippen LogP contribution is 2.19. The second kappa shape index (κ2) is 9.66. The molecule has 1 atom stereocenters. The highest BCUT2D eigenvalue weighted by molar-refractivity contribution is 5.83. The first-order chi connectivity index (χ1) is 13.5. The lowest BCUT2D eigenvalue weighted by Crippen LogP contribution is -2.46. The Balaban J connectivity index is 1.40. The number of piperidine rings is 1. The summed E-state index contributed by atoms with van der Waals surface area (Å²) in [6, 6.07) is 6.38. The van der Waals surface area contributed by atoms with E-state index in [2.05, 4.69) is 5.32 Å². The monoisotopic (exact) mass is 389 g/mol. The number of nitrogens with one attached hydrogen (secondary N) is 1. The molecule has 6 nitrogen and oxygen atoms in total. The summed E-state index contributed by atoms with van der Waals surface area (Å²) in [7, 11) is 0. The fraction of sp³-hybridized carbons (Fsp3) is 0.571. The van der Waals surface area contributed by atoms with Crippen LogP contribution in [0.2, 0.25) is 0 Å². The Labute approximate surface area is 165 Å². The van der Waals surface area contributed by atoms with Gasteiger partial charge in [0.25, 0.3) is 0 Å². The Kier molecular flexibility index (Phi) is 7.01. The summed E-state index contributed by atoms with van der Waals surface area (Å²) in [5.74, 6) is -0.274. The van der Waals surface area contributed by atoms with Crippen LogP contribution in [0, 0.1) is 11.7 Å². The molecule has 3 rings (SSSR count). The van der Waals surface area contributed by atoms with E-state index in [0.29, 0.717) is 51.9 Å². The van der Waals surface area contributed by atoms with E-state index in [4.69, 9.17) is 0 Å². The minimum Gasteiger partial charge on any atom is -0.356 e. The number of rotatable bonds is 8. The van der Waals surface area contributed by atoms with Gasteiger partial charge in [0.2, 0.25) is 17.7 Å². The van der Waals surface area contributed by atoms with Crippen LogP contribution in [0.15, 0.2) is 24.3 Å². The van der Waals surface area contributed by atoms with Crippen LogP contribution in [0.1, 0.15) is 37.7 Å². The number of nitrogens with zero attached hydrogens (tertiary/aromatic N) is 2. The van der Waals surface area contributed by atoms with E-state index >= 15 is 0 Å². The Bertz CT molecular complexity index is 725. The summed E-state index contributed by atoms with van der Waals surface area (Å²) >= 11 is 0. The van der Waals surface area contributed by atoms with Crippen LogP contribution in [0.3, 0.4) is 0 Å². The molecule has 2 aliphatic rings. The average molecular weight is 389 g/mol. The summed E-state index contributed by atoms with van der Waals surface area (Å²) in [6.45, 7) is 2.93. The van der Waals surface area contributed by atoms with Crippen LogP contribution in [0.25, 0.3) is 0 Å². The third-order valence-corrected chi connectivity index (χ3v) is 5.51. The van der Waals surface area contributed by atoms with Gasteiger partial charge in [0.05, 0.1) is 5.92 Å². The van der Waals surface area contributed by atoms with Crippen molar-refractivity contribution in [3.8, 4) is 0 Å². The lowest BCUT2D eigenvalue weighted by molar-refractivity contribution is -0.138. The fourth-order valence-corrected chi connectivity index (χ4v) is 3.87. The standard InChI is InChI=1S/C21H28FN3O3/c22-18-5-1-4-16(14-18)9-13-25-15-17(7-8-20(25)27)21(28)23-10-3-12-24-11-2-6-19(24)26/h1,4-5,14,17H,2-3,6-13,15H2,(H,23,28). The number of benzene rings is 1. The Morgan fingerprint density at radius 1 is 1.14 bits per heavy atom. The Hall–Kier alpha value is -2.44. The molecule has 2 heterocycles. The fourth-order valence-electron chi connectivity index (χ4n) is 3.87. The molecule has 2 saturated heterocycles. The molecule has 7 heteroatoms. The smallest absolute Gasteiger partial charge is 0.224 e. The SMILES string of the molecule is O=C(NCCCN1CCCC1=O)C1CCC(=O)N(CCc2cccc(F)c2)C1. The zero-order chi connectivity index (χ0) is 19.9. The zero-order valence-corrected chi connectivity index (χ0v) is 16.2. The van der Waals surface area contributed by atoms with Gasteiger partial charge in [-0.3, -0.25) is 14.4 Å². The van der Waals surface area contributed by atoms with E-state index in [1.54, 1.807) is 11.0 Å². The number of carbonyl (C=O) groups excluding carboxylic acids is 3. The van der Waals surface area contributed by atoms with E-state index in [1.807, 2.05) is 11.0 Å². The van der Waals surface area contributed by atoms with Gasteiger partial charge in [-0.15, -0.1) is 0 Å². The highest BCUT2D eigenvalue weighted by Gasteiger charge is 2.29. The second-order valence-corrected chi connectivity index (χ2v) is 7.58. The molecule has 2 fully saturated rings. The van der Waals surface area contributed by atoms with Gasteiger partial charge in [-0.25, -0.2) is 4.39 Å². The molecular weight excluding hydrogens is 361 g/mol. The van der Waals surface area contributed by atoms with Gasteiger partial charge >= 0.3 is 0 Å². The molecule has 3 amide bonds. The van der Waals surface area contributed by atoms with Crippen LogP contribution in [0.5, 0.6) is 0 Å². The Morgan fingerprint density at radius 3 is 2.71 bits per heavy atom. The number of hydrogen-bond acceptors (Lipinski definition) is 3. The molecule has 0 radical (unpaired) electrons. The molecule has 1 unspecified atom stereocenters. The van der Waals surface area contributed by atoms with Crippen LogP contribution >= 0.6 is 0 Å². The largest absolute Gasteiger partial charge is 0.356 e. The third-order valence-electron chi connectivity index (χ3n) is 5.51. The van der Waals surface area contributed by atoms with Crippen LogP contribution < -0.4 is 5.32 Å². The maximum absolute atomic E-state index is 13.3. The van der Waals surface area contributed by atoms with Crippen molar-refractivity contribution < 1.29 is 18.8 Å². The maximum atomic E-state index is 13.3. The molecule has 152 valence electrons. The van der Waals surface area contributed by atoms with E-state index in [0.717, 1.165) is 24.9 Å². The van der Waals surface area contributed by atoms with Crippen molar-refractivity contribution in [2.75, 3.05) is 32.7 Å². The molecule has 28 heavy (non-hydrogen) atoms. The van der Waals surface area contributed by atoms with Crippen LogP contribution in [0.4, 0.5) is 4.39 Å². The van der Waals surface area contributed by atoms with Crippen LogP contribution in [-0.2, 0) is 20.8 Å². The van der Waals surface area contributed by atoms with Crippen molar-refractivity contribution >= 4 is 17.7 Å². The van der Waals surface area contributed by atoms with E-state index in [9.17, 15) is 18.8 Å². The summed E-state index contributed by atoms with van der Waals surface area (Å²) in [5.41, 5.74) is 0.843. The lowest BCUT2D eigenvalue weighted by Gasteiger charge is -2.32. The third kappa shape index (κ3) is 5.53. The van der Waals surface area contributed by atoms with E-state index in [-0.39, 0.29) is 29.5 Å². The number of hydrogen-bond donors (Lipinski definition) is 1. The van der Waals surface area contributed by atoms with Gasteiger partial charge in [0.1, 0.15) is 5.82 Å². The predicted molar refractivity (Wildman–Crippen MR) is 103 cm³/mol. The summed E-state index contributed by atoms with van der Waals surface area (Å²) in [4.78, 5) is 39.8. The molecule has 0 aromatic heterocycles. The number of halogens is 1. The highest BCUT2D eigenvalue weighted by atomic mass is 19.1. The molecule has 0 saturated carbocycles. The number of likely N-dealkylation sites (tertiary alicyclic amines) is 2. The maximum Gasteiger partial charge on any atom is 0.224 e. The molecule has 1 N–H and O–H groups in total. The van der Waals surface area contributed by atoms with Crippen molar-refractivity contribution in [2.24, 2.45) is 5.92 Å². The second-order valence-electron chi connectivity index (χ2n) is 7.58. The summed E-state index contributed by atoms with van der Waals surface area (Å²) in [6.07, 6.45) is 3.80. The van der Waals surface area contributed by atoms with Gasteiger partial charge in [0, 0.05) is 45.6 Å². The van der Waals surface area contributed by atoms with Crippen LogP contribution in [-0.4, -0.2) is 60.2 Å². The normalized spacial score (nSPS) is 20.0. The molecular formula is C21H28FN3O3. The van der Waals surface area contributed by atoms with Crippen molar-refractivity contribution in [2.45, 2.75) is 38.5 Å². The Morgan fingerprint density at radius 2 is 1.96 bits per heavy atom. The van der Waals surface area contributed by atoms with E-state index < -0.39 is 0 Å². The average Bonchev–Trinajstić information content (AvgIpc) is 3.09. The van der Waals surface area contributed by atoms with Crippen molar-refractivity contribution in [1.82, 2.24) is 15.1 Å². The van der Waals surface area contributed by atoms with Gasteiger partial charge < -0.3 is 15.1 Å². The molecule has 0 spiro atoms. The van der Waals surface area contributed by atoms with Gasteiger partial charge in [-0.05, 0) is 43.4 Å². The van der Waals surface area contributed by atoms with Crippen molar-refractivity contribution in [1.29, 1.82) is 0 Å². The summed E-state index contributed by atoms with van der Waals surface area (Å²) < 4.78 is 13.3.